The van der Waals surface area contributed by atoms with Crippen molar-refractivity contribution in [1.82, 2.24) is 15.0 Å². The molecule has 0 fully saturated rings. The van der Waals surface area contributed by atoms with Gasteiger partial charge in [0, 0.05) is 58.2 Å². The first-order valence-electron chi connectivity index (χ1n) is 18.6. The maximum absolute atomic E-state index is 13.3. The van der Waals surface area contributed by atoms with E-state index in [1.54, 1.807) is 42.5 Å². The molecule has 3 N–H and O–H groups in total. The van der Waals surface area contributed by atoms with Crippen LogP contribution in [0.4, 0.5) is 40.3 Å². The Morgan fingerprint density at radius 3 is 1.67 bits per heavy atom. The number of ketones is 2. The number of aryl methyl sites for hydroxylation is 2. The summed E-state index contributed by atoms with van der Waals surface area (Å²) in [5, 5.41) is 9.67. The van der Waals surface area contributed by atoms with Crippen LogP contribution in [0.2, 0.25) is 5.28 Å². The summed E-state index contributed by atoms with van der Waals surface area (Å²) >= 11 is 6.26. The van der Waals surface area contributed by atoms with Crippen LogP contribution >= 0.6 is 11.6 Å². The molecule has 0 atom stereocenters. The van der Waals surface area contributed by atoms with Gasteiger partial charge in [-0.05, 0) is 91.2 Å². The van der Waals surface area contributed by atoms with Crippen molar-refractivity contribution in [2.24, 2.45) is 0 Å². The number of halogens is 1. The number of hydrogen-bond acceptors (Lipinski definition) is 9. The van der Waals surface area contributed by atoms with E-state index in [-0.39, 0.29) is 16.9 Å². The molecule has 0 aliphatic heterocycles. The molecule has 1 aromatic heterocycles. The Balaban J connectivity index is 0.877. The van der Waals surface area contributed by atoms with Crippen molar-refractivity contribution in [2.45, 2.75) is 13.8 Å². The molecule has 0 radical (unpaired) electrons. The summed E-state index contributed by atoms with van der Waals surface area (Å²) in [7, 11) is 0. The maximum atomic E-state index is 13.3. The van der Waals surface area contributed by atoms with Gasteiger partial charge in [0.15, 0.2) is 11.6 Å². The van der Waals surface area contributed by atoms with Crippen molar-refractivity contribution in [1.29, 1.82) is 0 Å². The van der Waals surface area contributed by atoms with Gasteiger partial charge in [0.25, 0.3) is 0 Å². The number of anilines is 7. The predicted molar refractivity (Wildman–Crippen MR) is 231 cm³/mol. The SMILES string of the molecule is Cc1ccc(N(c2ccc(C)cc2)c2ccc(/C=C/c3ccc(Nc4nc(Cl)nc(NCCNc5cccc6c5C(=O)c5ccccc5C6=O)n4)cc3)cc2)cc1. The lowest BCUT2D eigenvalue weighted by Crippen LogP contribution is -2.23. The summed E-state index contributed by atoms with van der Waals surface area (Å²) in [6, 6.07) is 45.8. The number of rotatable bonds is 12. The molecule has 0 amide bonds. The van der Waals surface area contributed by atoms with E-state index in [1.165, 1.54) is 11.1 Å². The summed E-state index contributed by atoms with van der Waals surface area (Å²) in [4.78, 5) is 41.6. The van der Waals surface area contributed by atoms with Gasteiger partial charge < -0.3 is 20.9 Å². The molecule has 9 nitrogen and oxygen atoms in total. The number of fused-ring (bicyclic) bond motifs is 2. The lowest BCUT2D eigenvalue weighted by molar-refractivity contribution is 0.0979. The Kier molecular flexibility index (Phi) is 10.6. The van der Waals surface area contributed by atoms with Crippen molar-refractivity contribution >= 4 is 75.7 Å². The molecule has 1 aliphatic rings. The Morgan fingerprint density at radius 1 is 0.544 bits per heavy atom. The highest BCUT2D eigenvalue weighted by Gasteiger charge is 2.31. The topological polar surface area (TPSA) is 112 Å². The van der Waals surface area contributed by atoms with Crippen LogP contribution in [-0.2, 0) is 0 Å². The lowest BCUT2D eigenvalue weighted by Gasteiger charge is -2.25. The Hall–Kier alpha value is -7.10. The van der Waals surface area contributed by atoms with Gasteiger partial charge in [-0.15, -0.1) is 0 Å². The van der Waals surface area contributed by atoms with Crippen LogP contribution in [0.25, 0.3) is 12.2 Å². The van der Waals surface area contributed by atoms with Crippen molar-refractivity contribution in [3.63, 3.8) is 0 Å². The maximum Gasteiger partial charge on any atom is 0.233 e. The molecule has 0 unspecified atom stereocenters. The Bertz CT molecular complexity index is 2560. The second-order valence-corrected chi connectivity index (χ2v) is 14.1. The molecule has 0 spiro atoms. The quantitative estimate of drug-likeness (QED) is 0.0826. The minimum absolute atomic E-state index is 0.0364. The van der Waals surface area contributed by atoms with Crippen LogP contribution in [0.15, 0.2) is 140 Å². The molecule has 1 heterocycles. The number of hydrogen-bond donors (Lipinski definition) is 3. The standard InChI is InChI=1S/C47H38ClN7O2/c1-30-10-22-35(23-11-30)55(36-24-12-31(2)13-25-36)37-26-18-33(19-27-37)15-14-32-16-20-34(21-17-32)51-47-53-45(48)52-46(54-47)50-29-28-49-41-9-5-8-40-42(41)44(57)39-7-4-3-6-38(39)43(40)56/h3-27,49H,28-29H2,1-2H3,(H2,50,51,52,53,54)/b15-14+. The van der Waals surface area contributed by atoms with E-state index >= 15 is 0 Å². The van der Waals surface area contributed by atoms with E-state index in [0.717, 1.165) is 33.9 Å². The fourth-order valence-corrected chi connectivity index (χ4v) is 6.88. The van der Waals surface area contributed by atoms with Crippen LogP contribution in [0.5, 0.6) is 0 Å². The average Bonchev–Trinajstić information content (AvgIpc) is 3.23. The van der Waals surface area contributed by atoms with Gasteiger partial charge in [-0.3, -0.25) is 9.59 Å². The van der Waals surface area contributed by atoms with Gasteiger partial charge in [0.05, 0.1) is 5.56 Å². The molecule has 57 heavy (non-hydrogen) atoms. The molecule has 8 rings (SSSR count). The second kappa shape index (κ2) is 16.3. The van der Waals surface area contributed by atoms with Gasteiger partial charge in [-0.2, -0.15) is 15.0 Å². The molecule has 0 saturated heterocycles. The number of carbonyl (C=O) groups is 2. The molecule has 10 heteroatoms. The third kappa shape index (κ3) is 8.29. The zero-order chi connectivity index (χ0) is 39.3. The van der Waals surface area contributed by atoms with E-state index in [9.17, 15) is 9.59 Å². The largest absolute Gasteiger partial charge is 0.383 e. The lowest BCUT2D eigenvalue weighted by atomic mass is 9.83. The van der Waals surface area contributed by atoms with Gasteiger partial charge >= 0.3 is 0 Å². The third-order valence-electron chi connectivity index (χ3n) is 9.65. The fourth-order valence-electron chi connectivity index (χ4n) is 6.72. The molecule has 0 bridgehead atoms. The number of nitrogens with zero attached hydrogens (tertiary/aromatic N) is 4. The molecule has 0 saturated carbocycles. The zero-order valence-corrected chi connectivity index (χ0v) is 32.1. The van der Waals surface area contributed by atoms with Crippen LogP contribution in [-0.4, -0.2) is 39.6 Å². The first kappa shape index (κ1) is 36.9. The molecule has 6 aromatic carbocycles. The van der Waals surface area contributed by atoms with E-state index < -0.39 is 0 Å². The van der Waals surface area contributed by atoms with Gasteiger partial charge in [0.1, 0.15) is 0 Å². The average molecular weight is 768 g/mol. The van der Waals surface area contributed by atoms with E-state index in [4.69, 9.17) is 11.6 Å². The highest BCUT2D eigenvalue weighted by molar-refractivity contribution is 6.30. The normalized spacial score (nSPS) is 11.9. The van der Waals surface area contributed by atoms with E-state index in [1.807, 2.05) is 24.3 Å². The number of benzene rings is 6. The minimum atomic E-state index is -0.175. The van der Waals surface area contributed by atoms with Crippen LogP contribution in [0.1, 0.15) is 54.1 Å². The highest BCUT2D eigenvalue weighted by Crippen LogP contribution is 2.35. The van der Waals surface area contributed by atoms with Crippen molar-refractivity contribution < 1.29 is 9.59 Å². The van der Waals surface area contributed by atoms with Crippen molar-refractivity contribution in [3.8, 4) is 0 Å². The third-order valence-corrected chi connectivity index (χ3v) is 9.82. The van der Waals surface area contributed by atoms with Gasteiger partial charge in [-0.1, -0.05) is 108 Å². The second-order valence-electron chi connectivity index (χ2n) is 13.7. The zero-order valence-electron chi connectivity index (χ0n) is 31.3. The van der Waals surface area contributed by atoms with Gasteiger partial charge in [-0.25, -0.2) is 0 Å². The molecule has 280 valence electrons. The van der Waals surface area contributed by atoms with E-state index in [0.29, 0.717) is 52.9 Å². The number of carbonyl (C=O) groups excluding carboxylic acids is 2. The van der Waals surface area contributed by atoms with Crippen molar-refractivity contribution in [2.75, 3.05) is 33.9 Å². The first-order valence-corrected chi connectivity index (χ1v) is 19.0. The fraction of sp³-hybridized carbons (Fsp3) is 0.0851. The number of nitrogens with one attached hydrogen (secondary N) is 3. The van der Waals surface area contributed by atoms with Crippen LogP contribution in [0, 0.1) is 13.8 Å². The summed E-state index contributed by atoms with van der Waals surface area (Å²) in [5.41, 5.74) is 10.8. The predicted octanol–water partition coefficient (Wildman–Crippen LogP) is 10.8. The Morgan fingerprint density at radius 2 is 1.05 bits per heavy atom. The molecular weight excluding hydrogens is 730 g/mol. The number of aromatic nitrogens is 3. The van der Waals surface area contributed by atoms with Crippen LogP contribution < -0.4 is 20.9 Å². The minimum Gasteiger partial charge on any atom is -0.383 e. The first-order chi connectivity index (χ1) is 27.8. The van der Waals surface area contributed by atoms with E-state index in [2.05, 4.69) is 135 Å². The van der Waals surface area contributed by atoms with Crippen LogP contribution in [0.3, 0.4) is 0 Å². The summed E-state index contributed by atoms with van der Waals surface area (Å²) in [5.74, 6) is 0.251. The summed E-state index contributed by atoms with van der Waals surface area (Å²) in [6.45, 7) is 5.03. The van der Waals surface area contributed by atoms with Crippen molar-refractivity contribution in [3.05, 3.63) is 189 Å². The molecule has 7 aromatic rings. The molecule has 1 aliphatic carbocycles. The smallest absolute Gasteiger partial charge is 0.233 e. The monoisotopic (exact) mass is 767 g/mol. The summed E-state index contributed by atoms with van der Waals surface area (Å²) in [6.07, 6.45) is 4.17. The van der Waals surface area contributed by atoms with Gasteiger partial charge in [0.2, 0.25) is 17.2 Å². The highest BCUT2D eigenvalue weighted by atomic mass is 35.5. The summed E-state index contributed by atoms with van der Waals surface area (Å²) < 4.78 is 0. The Labute approximate surface area is 336 Å². The molecular formula is C47H38ClN7O2.